The first-order valence-corrected chi connectivity index (χ1v) is 6.56. The Morgan fingerprint density at radius 3 is 2.00 bits per heavy atom. The molecule has 0 rings (SSSR count). The first kappa shape index (κ1) is 15.5. The SMILES string of the molecule is C#CC(C)OP(=O)(OCCCl)OC(C)C#C. The van der Waals surface area contributed by atoms with Crippen molar-refractivity contribution in [1.82, 2.24) is 0 Å². The number of halogens is 1. The predicted octanol–water partition coefficient (Wildman–Crippen LogP) is 2.43. The van der Waals surface area contributed by atoms with Gasteiger partial charge in [-0.3, -0.25) is 13.6 Å². The molecule has 4 nitrogen and oxygen atoms in total. The van der Waals surface area contributed by atoms with E-state index in [0.717, 1.165) is 0 Å². The predicted molar refractivity (Wildman–Crippen MR) is 63.0 cm³/mol. The second-order valence-electron chi connectivity index (χ2n) is 2.80. The average Bonchev–Trinajstić information content (AvgIpc) is 2.25. The standard InChI is InChI=1S/C10H14ClO4P/c1-5-9(3)14-16(12,13-8-7-11)15-10(4)6-2/h1-2,9-10H,7-8H2,3-4H3. The number of phosphoric ester groups is 1. The van der Waals surface area contributed by atoms with E-state index in [9.17, 15) is 4.57 Å². The molecule has 6 heteroatoms. The zero-order chi connectivity index (χ0) is 12.6. The Bertz CT molecular complexity index is 305. The first-order valence-electron chi connectivity index (χ1n) is 4.57. The molecule has 90 valence electrons. The summed E-state index contributed by atoms with van der Waals surface area (Å²) in [5.74, 6) is 4.66. The lowest BCUT2D eigenvalue weighted by molar-refractivity contribution is 0.0948. The number of alkyl halides is 1. The van der Waals surface area contributed by atoms with Crippen molar-refractivity contribution in [1.29, 1.82) is 0 Å². The van der Waals surface area contributed by atoms with E-state index in [-0.39, 0.29) is 12.5 Å². The van der Waals surface area contributed by atoms with Crippen LogP contribution in [-0.2, 0) is 18.1 Å². The smallest absolute Gasteiger partial charge is 0.286 e. The summed E-state index contributed by atoms with van der Waals surface area (Å²) in [5.41, 5.74) is 0. The lowest BCUT2D eigenvalue weighted by atomic mass is 10.4. The molecule has 0 saturated heterocycles. The van der Waals surface area contributed by atoms with Gasteiger partial charge in [0, 0.05) is 5.88 Å². The van der Waals surface area contributed by atoms with Crippen molar-refractivity contribution >= 4 is 19.4 Å². The molecule has 0 spiro atoms. The normalized spacial score (nSPS) is 17.8. The lowest BCUT2D eigenvalue weighted by Gasteiger charge is -2.20. The molecule has 0 aromatic carbocycles. The van der Waals surface area contributed by atoms with Crippen LogP contribution in [-0.4, -0.2) is 24.7 Å². The molecule has 0 bridgehead atoms. The van der Waals surface area contributed by atoms with Gasteiger partial charge >= 0.3 is 7.82 Å². The molecule has 0 saturated carbocycles. The number of hydrogen-bond acceptors (Lipinski definition) is 4. The van der Waals surface area contributed by atoms with Crippen molar-refractivity contribution in [2.75, 3.05) is 12.5 Å². The fourth-order valence-corrected chi connectivity index (χ4v) is 2.25. The molecule has 0 aliphatic carbocycles. The number of phosphoric acid groups is 1. The van der Waals surface area contributed by atoms with E-state index in [2.05, 4.69) is 11.8 Å². The van der Waals surface area contributed by atoms with Gasteiger partial charge < -0.3 is 0 Å². The number of rotatable bonds is 7. The van der Waals surface area contributed by atoms with E-state index in [1.165, 1.54) is 0 Å². The van der Waals surface area contributed by atoms with Gasteiger partial charge in [0.05, 0.1) is 6.61 Å². The van der Waals surface area contributed by atoms with E-state index in [1.54, 1.807) is 13.8 Å². The van der Waals surface area contributed by atoms with Gasteiger partial charge in [0.25, 0.3) is 0 Å². The van der Waals surface area contributed by atoms with Gasteiger partial charge in [0.2, 0.25) is 0 Å². The molecule has 16 heavy (non-hydrogen) atoms. The van der Waals surface area contributed by atoms with Crippen LogP contribution in [0, 0.1) is 24.7 Å². The van der Waals surface area contributed by atoms with Crippen LogP contribution in [0.1, 0.15) is 13.8 Å². The molecule has 0 amide bonds. The molecule has 0 heterocycles. The molecular weight excluding hydrogens is 251 g/mol. The molecule has 0 aliphatic rings. The summed E-state index contributed by atoms with van der Waals surface area (Å²) in [6.45, 7) is 3.11. The highest BCUT2D eigenvalue weighted by Crippen LogP contribution is 2.51. The van der Waals surface area contributed by atoms with Crippen LogP contribution >= 0.6 is 19.4 Å². The summed E-state index contributed by atoms with van der Waals surface area (Å²) in [4.78, 5) is 0. The van der Waals surface area contributed by atoms with Crippen molar-refractivity contribution < 1.29 is 18.1 Å². The average molecular weight is 265 g/mol. The van der Waals surface area contributed by atoms with Gasteiger partial charge in [0.1, 0.15) is 12.2 Å². The summed E-state index contributed by atoms with van der Waals surface area (Å²) in [5, 5.41) is 0. The fourth-order valence-electron chi connectivity index (χ4n) is 0.680. The van der Waals surface area contributed by atoms with Gasteiger partial charge in [-0.05, 0) is 13.8 Å². The second-order valence-corrected chi connectivity index (χ2v) is 4.75. The minimum absolute atomic E-state index is 0.0212. The molecule has 0 aromatic rings. The van der Waals surface area contributed by atoms with Gasteiger partial charge in [-0.2, -0.15) is 0 Å². The maximum absolute atomic E-state index is 12.0. The van der Waals surface area contributed by atoms with Gasteiger partial charge in [-0.1, -0.05) is 11.8 Å². The third-order valence-corrected chi connectivity index (χ3v) is 3.17. The minimum atomic E-state index is -3.75. The molecular formula is C10H14ClO4P. The minimum Gasteiger partial charge on any atom is -0.286 e. The van der Waals surface area contributed by atoms with E-state index >= 15 is 0 Å². The van der Waals surface area contributed by atoms with Crippen LogP contribution in [0.25, 0.3) is 0 Å². The molecule has 0 aliphatic heterocycles. The maximum Gasteiger partial charge on any atom is 0.477 e. The summed E-state index contributed by atoms with van der Waals surface area (Å²) in [6.07, 6.45) is 8.79. The molecule has 2 atom stereocenters. The Kier molecular flexibility index (Phi) is 7.51. The van der Waals surface area contributed by atoms with Gasteiger partial charge in [0.15, 0.2) is 0 Å². The van der Waals surface area contributed by atoms with Crippen LogP contribution in [0.4, 0.5) is 0 Å². The zero-order valence-electron chi connectivity index (χ0n) is 9.18. The molecule has 0 aromatic heterocycles. The van der Waals surface area contributed by atoms with Crippen LogP contribution in [0.2, 0.25) is 0 Å². The quantitative estimate of drug-likeness (QED) is 0.402. The molecule has 0 radical (unpaired) electrons. The largest absolute Gasteiger partial charge is 0.477 e. The summed E-state index contributed by atoms with van der Waals surface area (Å²) in [7, 11) is -3.75. The Balaban J connectivity index is 4.56. The van der Waals surface area contributed by atoms with Gasteiger partial charge in [-0.15, -0.1) is 24.4 Å². The highest BCUT2D eigenvalue weighted by Gasteiger charge is 2.30. The van der Waals surface area contributed by atoms with E-state index in [4.69, 9.17) is 38.0 Å². The van der Waals surface area contributed by atoms with Crippen LogP contribution in [0.5, 0.6) is 0 Å². The van der Waals surface area contributed by atoms with E-state index < -0.39 is 20.0 Å². The molecule has 0 fully saturated rings. The number of terminal acetylenes is 2. The third-order valence-electron chi connectivity index (χ3n) is 1.37. The molecule has 2 unspecified atom stereocenters. The van der Waals surface area contributed by atoms with Crippen LogP contribution < -0.4 is 0 Å². The highest BCUT2D eigenvalue weighted by molar-refractivity contribution is 7.48. The van der Waals surface area contributed by atoms with Crippen molar-refractivity contribution in [3.8, 4) is 24.7 Å². The van der Waals surface area contributed by atoms with E-state index in [1.807, 2.05) is 0 Å². The second kappa shape index (κ2) is 7.74. The summed E-state index contributed by atoms with van der Waals surface area (Å²) in [6, 6.07) is 0. The molecule has 0 N–H and O–H groups in total. The Morgan fingerprint density at radius 2 is 1.69 bits per heavy atom. The third kappa shape index (κ3) is 6.18. The Morgan fingerprint density at radius 1 is 1.25 bits per heavy atom. The number of hydrogen-bond donors (Lipinski definition) is 0. The highest BCUT2D eigenvalue weighted by atomic mass is 35.5. The first-order chi connectivity index (χ1) is 7.47. The fraction of sp³-hybridized carbons (Fsp3) is 0.600. The van der Waals surface area contributed by atoms with Crippen molar-refractivity contribution in [3.05, 3.63) is 0 Å². The topological polar surface area (TPSA) is 44.8 Å². The van der Waals surface area contributed by atoms with Crippen LogP contribution in [0.15, 0.2) is 0 Å². The lowest BCUT2D eigenvalue weighted by Crippen LogP contribution is -2.12. The summed E-state index contributed by atoms with van der Waals surface area (Å²) < 4.78 is 26.9. The Labute approximate surface area is 101 Å². The monoisotopic (exact) mass is 264 g/mol. The zero-order valence-corrected chi connectivity index (χ0v) is 10.8. The van der Waals surface area contributed by atoms with E-state index in [0.29, 0.717) is 0 Å². The van der Waals surface area contributed by atoms with Crippen molar-refractivity contribution in [3.63, 3.8) is 0 Å². The van der Waals surface area contributed by atoms with Gasteiger partial charge in [-0.25, -0.2) is 4.57 Å². The van der Waals surface area contributed by atoms with Crippen molar-refractivity contribution in [2.45, 2.75) is 26.1 Å². The van der Waals surface area contributed by atoms with Crippen molar-refractivity contribution in [2.24, 2.45) is 0 Å². The van der Waals surface area contributed by atoms with Crippen LogP contribution in [0.3, 0.4) is 0 Å². The maximum atomic E-state index is 12.0. The summed E-state index contributed by atoms with van der Waals surface area (Å²) >= 11 is 5.41. The Hall–Kier alpha value is -0.480.